The summed E-state index contributed by atoms with van der Waals surface area (Å²) in [6, 6.07) is 1.74. The second kappa shape index (κ2) is 6.02. The lowest BCUT2D eigenvalue weighted by molar-refractivity contribution is 0.0588. The molecule has 0 aromatic carbocycles. The minimum absolute atomic E-state index is 0.179. The van der Waals surface area contributed by atoms with E-state index >= 15 is 0 Å². The Morgan fingerprint density at radius 1 is 1.47 bits per heavy atom. The van der Waals surface area contributed by atoms with Gasteiger partial charge in [-0.2, -0.15) is 4.98 Å². The predicted octanol–water partition coefficient (Wildman–Crippen LogP) is 3.06. The number of carbonyl (C=O) groups excluding carboxylic acids is 1. The van der Waals surface area contributed by atoms with E-state index in [0.717, 1.165) is 31.2 Å². The van der Waals surface area contributed by atoms with Crippen molar-refractivity contribution < 1.29 is 9.53 Å². The molecule has 0 amide bonds. The topological polar surface area (TPSA) is 57.0 Å². The van der Waals surface area contributed by atoms with Gasteiger partial charge in [-0.25, -0.2) is 9.78 Å². The molecule has 6 heteroatoms. The van der Waals surface area contributed by atoms with Crippen LogP contribution in [0.3, 0.4) is 0 Å². The number of fused-ring (bicyclic) bond motifs is 1. The average Bonchev–Trinajstić information content (AvgIpc) is 2.76. The number of unbranched alkanes of at least 4 members (excludes halogenated alkanes) is 2. The lowest BCUT2D eigenvalue weighted by atomic mass is 10.2. The number of hydrogen-bond donors (Lipinski definition) is 0. The Morgan fingerprint density at radius 3 is 2.95 bits per heavy atom. The average molecular weight is 282 g/mol. The maximum Gasteiger partial charge on any atom is 0.354 e. The third-order valence-corrected chi connectivity index (χ3v) is 3.17. The molecule has 0 aliphatic heterocycles. The number of halogens is 1. The van der Waals surface area contributed by atoms with Gasteiger partial charge in [0.25, 0.3) is 0 Å². The molecule has 0 radical (unpaired) electrons. The summed E-state index contributed by atoms with van der Waals surface area (Å²) in [5.74, 6) is -0.370. The molecule has 102 valence electrons. The molecule has 0 saturated carbocycles. The fourth-order valence-corrected chi connectivity index (χ4v) is 2.17. The van der Waals surface area contributed by atoms with Crippen molar-refractivity contribution in [2.75, 3.05) is 7.11 Å². The monoisotopic (exact) mass is 281 g/mol. The first-order valence-electron chi connectivity index (χ1n) is 6.27. The van der Waals surface area contributed by atoms with Crippen LogP contribution in [0.5, 0.6) is 0 Å². The van der Waals surface area contributed by atoms with Crippen LogP contribution in [0.2, 0.25) is 5.28 Å². The van der Waals surface area contributed by atoms with Crippen molar-refractivity contribution in [3.63, 3.8) is 0 Å². The van der Waals surface area contributed by atoms with Gasteiger partial charge in [-0.15, -0.1) is 0 Å². The van der Waals surface area contributed by atoms with Crippen molar-refractivity contribution in [1.29, 1.82) is 0 Å². The van der Waals surface area contributed by atoms with Gasteiger partial charge in [-0.1, -0.05) is 19.8 Å². The summed E-state index contributed by atoms with van der Waals surface area (Å²) in [5, 5.41) is 0.972. The number of methoxy groups -OCH3 is 1. The highest BCUT2D eigenvalue weighted by Crippen LogP contribution is 2.20. The van der Waals surface area contributed by atoms with Crippen LogP contribution in [0.25, 0.3) is 11.0 Å². The van der Waals surface area contributed by atoms with Crippen LogP contribution in [0.4, 0.5) is 0 Å². The Kier molecular flexibility index (Phi) is 4.37. The largest absolute Gasteiger partial charge is 0.464 e. The summed E-state index contributed by atoms with van der Waals surface area (Å²) >= 11 is 5.82. The molecule has 2 aromatic heterocycles. The number of nitrogens with zero attached hydrogens (tertiary/aromatic N) is 3. The predicted molar refractivity (Wildman–Crippen MR) is 73.4 cm³/mol. The Hall–Kier alpha value is -1.62. The third-order valence-electron chi connectivity index (χ3n) is 2.99. The number of aryl methyl sites for hydroxylation is 1. The summed E-state index contributed by atoms with van der Waals surface area (Å²) in [6.45, 7) is 2.85. The molecular weight excluding hydrogens is 266 g/mol. The standard InChI is InChI=1S/C13H16ClN3O2/c1-3-4-5-6-17-10(12(18)19-2)7-9-8-15-13(14)16-11(9)17/h7-8H,3-6H2,1-2H3. The zero-order chi connectivity index (χ0) is 13.8. The molecule has 2 rings (SSSR count). The molecule has 0 unspecified atom stereocenters. The lowest BCUT2D eigenvalue weighted by Crippen LogP contribution is -2.11. The first-order valence-corrected chi connectivity index (χ1v) is 6.65. The normalized spacial score (nSPS) is 10.9. The fraction of sp³-hybridized carbons (Fsp3) is 0.462. The SMILES string of the molecule is CCCCCn1c(C(=O)OC)cc2cnc(Cl)nc21. The first kappa shape index (κ1) is 13.8. The van der Waals surface area contributed by atoms with Crippen molar-refractivity contribution >= 4 is 28.6 Å². The summed E-state index contributed by atoms with van der Waals surface area (Å²) in [7, 11) is 1.37. The van der Waals surface area contributed by atoms with Crippen molar-refractivity contribution in [3.8, 4) is 0 Å². The number of esters is 1. The second-order valence-corrected chi connectivity index (χ2v) is 4.64. The van der Waals surface area contributed by atoms with E-state index in [9.17, 15) is 4.79 Å². The minimum Gasteiger partial charge on any atom is -0.464 e. The summed E-state index contributed by atoms with van der Waals surface area (Å²) in [6.07, 6.45) is 4.81. The molecule has 0 N–H and O–H groups in total. The Bertz CT molecular complexity index is 595. The second-order valence-electron chi connectivity index (χ2n) is 4.30. The van der Waals surface area contributed by atoms with E-state index < -0.39 is 0 Å². The van der Waals surface area contributed by atoms with Crippen LogP contribution in [0, 0.1) is 0 Å². The van der Waals surface area contributed by atoms with Crippen LogP contribution < -0.4 is 0 Å². The number of rotatable bonds is 5. The van der Waals surface area contributed by atoms with Crippen LogP contribution in [-0.4, -0.2) is 27.6 Å². The number of carbonyl (C=O) groups is 1. The van der Waals surface area contributed by atoms with Gasteiger partial charge in [0.15, 0.2) is 0 Å². The van der Waals surface area contributed by atoms with Crippen LogP contribution >= 0.6 is 11.6 Å². The quantitative estimate of drug-likeness (QED) is 0.480. The molecule has 0 aliphatic rings. The highest BCUT2D eigenvalue weighted by molar-refractivity contribution is 6.28. The van der Waals surface area contributed by atoms with E-state index in [1.165, 1.54) is 7.11 Å². The van der Waals surface area contributed by atoms with E-state index in [0.29, 0.717) is 11.3 Å². The van der Waals surface area contributed by atoms with E-state index in [1.807, 2.05) is 4.57 Å². The highest BCUT2D eigenvalue weighted by atomic mass is 35.5. The molecule has 5 nitrogen and oxygen atoms in total. The van der Waals surface area contributed by atoms with E-state index in [1.54, 1.807) is 12.3 Å². The van der Waals surface area contributed by atoms with Gasteiger partial charge in [-0.3, -0.25) is 0 Å². The van der Waals surface area contributed by atoms with Crippen molar-refractivity contribution in [2.45, 2.75) is 32.7 Å². The van der Waals surface area contributed by atoms with Gasteiger partial charge in [0.2, 0.25) is 5.28 Å². The van der Waals surface area contributed by atoms with E-state index in [-0.39, 0.29) is 11.3 Å². The maximum atomic E-state index is 11.8. The smallest absolute Gasteiger partial charge is 0.354 e. The van der Waals surface area contributed by atoms with Gasteiger partial charge in [0, 0.05) is 18.1 Å². The van der Waals surface area contributed by atoms with Crippen LogP contribution in [-0.2, 0) is 11.3 Å². The Balaban J connectivity index is 2.46. The zero-order valence-corrected chi connectivity index (χ0v) is 11.8. The first-order chi connectivity index (χ1) is 9.17. The Labute approximate surface area is 116 Å². The van der Waals surface area contributed by atoms with E-state index in [4.69, 9.17) is 16.3 Å². The van der Waals surface area contributed by atoms with Crippen molar-refractivity contribution in [1.82, 2.24) is 14.5 Å². The molecule has 0 bridgehead atoms. The molecule has 0 saturated heterocycles. The molecule has 19 heavy (non-hydrogen) atoms. The van der Waals surface area contributed by atoms with Crippen LogP contribution in [0.1, 0.15) is 36.7 Å². The van der Waals surface area contributed by atoms with Gasteiger partial charge in [0.05, 0.1) is 7.11 Å². The third kappa shape index (κ3) is 2.87. The van der Waals surface area contributed by atoms with Crippen molar-refractivity contribution in [3.05, 3.63) is 23.2 Å². The summed E-state index contributed by atoms with van der Waals surface area (Å²) < 4.78 is 6.65. The summed E-state index contributed by atoms with van der Waals surface area (Å²) in [5.41, 5.74) is 1.17. The van der Waals surface area contributed by atoms with Gasteiger partial charge in [0.1, 0.15) is 11.3 Å². The summed E-state index contributed by atoms with van der Waals surface area (Å²) in [4.78, 5) is 19.9. The molecular formula is C13H16ClN3O2. The van der Waals surface area contributed by atoms with Crippen LogP contribution in [0.15, 0.2) is 12.3 Å². The number of hydrogen-bond acceptors (Lipinski definition) is 4. The molecule has 2 heterocycles. The molecule has 0 atom stereocenters. The minimum atomic E-state index is -0.370. The molecule has 2 aromatic rings. The van der Waals surface area contributed by atoms with E-state index in [2.05, 4.69) is 16.9 Å². The lowest BCUT2D eigenvalue weighted by Gasteiger charge is -2.08. The molecule has 0 spiro atoms. The van der Waals surface area contributed by atoms with Gasteiger partial charge < -0.3 is 9.30 Å². The highest BCUT2D eigenvalue weighted by Gasteiger charge is 2.17. The van der Waals surface area contributed by atoms with Gasteiger partial charge >= 0.3 is 5.97 Å². The van der Waals surface area contributed by atoms with Crippen molar-refractivity contribution in [2.24, 2.45) is 0 Å². The molecule has 0 aliphatic carbocycles. The zero-order valence-electron chi connectivity index (χ0n) is 11.0. The maximum absolute atomic E-state index is 11.8. The van der Waals surface area contributed by atoms with Gasteiger partial charge in [-0.05, 0) is 24.1 Å². The Morgan fingerprint density at radius 2 is 2.26 bits per heavy atom. The number of ether oxygens (including phenoxy) is 1. The fourth-order valence-electron chi connectivity index (χ4n) is 2.04. The number of aromatic nitrogens is 3. The molecule has 0 fully saturated rings.